The van der Waals surface area contributed by atoms with Gasteiger partial charge in [0, 0.05) is 55.6 Å². The van der Waals surface area contributed by atoms with Crippen LogP contribution in [-0.4, -0.2) is 71.5 Å². The summed E-state index contributed by atoms with van der Waals surface area (Å²) >= 11 is 0. The Hall–Kier alpha value is -18.4. The van der Waals surface area contributed by atoms with Crippen molar-refractivity contribution in [3.8, 4) is 236 Å². The standard InChI is InChI=1S/C24H18O3.C24H18O2.C18H14O3.3C18H14O2/c25-22-7-1-16(2-8-22)19-13-20(17-3-9-23(26)10-4-17)15-21(14-19)18-5-11-24(27)12-6-18;25-23-20(17-10-4-1-5-11-17)16-21(18-12-6-2-7-13-18)24(26)22(23)19-14-8-3-9-15-19;19-14-8-4-12(5-9-14)16-2-1-3-17(18(16)21)13-6-10-15(20)11-7-13;19-15-11-16(13-7-3-1-4-8-13)18(20)17(12-15)14-9-5-2-6-10-14;19-15-9-4-8-14(12-15)17-11-5-10-16(18(17)20)13-6-2-1-3-7-13;19-15-11-9-14(10-12-15)17-8-4-7-16(18(17)20)13-5-2-1-3-6-13/h1-15,25-27H;1-16,25-26H;1-11,19-21H;3*1-12,19-20H. The van der Waals surface area contributed by atoms with E-state index in [9.17, 15) is 71.5 Å². The highest BCUT2D eigenvalue weighted by Gasteiger charge is 2.23. The first kappa shape index (κ1) is 90.4. The monoisotopic (exact) mass is 1760 g/mol. The molecule has 14 heteroatoms. The molecule has 0 aliphatic heterocycles. The van der Waals surface area contributed by atoms with Crippen molar-refractivity contribution >= 4 is 0 Å². The van der Waals surface area contributed by atoms with Crippen LogP contribution in [0.3, 0.4) is 0 Å². The summed E-state index contributed by atoms with van der Waals surface area (Å²) in [6.07, 6.45) is 0. The van der Waals surface area contributed by atoms with E-state index in [-0.39, 0.29) is 80.5 Å². The van der Waals surface area contributed by atoms with Gasteiger partial charge in [0.1, 0.15) is 80.5 Å². The molecule has 0 atom stereocenters. The van der Waals surface area contributed by atoms with Gasteiger partial charge in [-0.15, -0.1) is 0 Å². The second-order valence-electron chi connectivity index (χ2n) is 31.2. The Morgan fingerprint density at radius 3 is 0.522 bits per heavy atom. The average Bonchev–Trinajstić information content (AvgIpc) is 0.762. The molecule has 0 spiro atoms. The first-order chi connectivity index (χ1) is 65.2. The molecule has 14 N–H and O–H groups in total. The van der Waals surface area contributed by atoms with E-state index in [1.165, 1.54) is 0 Å². The first-order valence-corrected chi connectivity index (χ1v) is 43.0. The highest BCUT2D eigenvalue weighted by molar-refractivity contribution is 5.94. The second-order valence-corrected chi connectivity index (χ2v) is 31.2. The molecule has 14 nitrogen and oxygen atoms in total. The van der Waals surface area contributed by atoms with Crippen LogP contribution in [0.15, 0.2) is 473 Å². The van der Waals surface area contributed by atoms with Crippen LogP contribution in [0.2, 0.25) is 0 Å². The van der Waals surface area contributed by atoms with Gasteiger partial charge in [0.2, 0.25) is 0 Å². The molecular weight excluding hydrogens is 1670 g/mol. The fraction of sp³-hybridized carbons (Fsp3) is 0. The third-order valence-electron chi connectivity index (χ3n) is 22.3. The Kier molecular flexibility index (Phi) is 29.0. The van der Waals surface area contributed by atoms with E-state index in [4.69, 9.17) is 0 Å². The molecule has 20 rings (SSSR count). The van der Waals surface area contributed by atoms with Gasteiger partial charge in [-0.25, -0.2) is 0 Å². The Morgan fingerprint density at radius 1 is 0.0896 bits per heavy atom. The van der Waals surface area contributed by atoms with E-state index >= 15 is 0 Å². The maximum Gasteiger partial charge on any atom is 0.134 e. The zero-order valence-electron chi connectivity index (χ0n) is 72.3. The third-order valence-corrected chi connectivity index (χ3v) is 22.3. The van der Waals surface area contributed by atoms with Crippen molar-refractivity contribution in [2.45, 2.75) is 0 Å². The largest absolute Gasteiger partial charge is 0.508 e. The summed E-state index contributed by atoms with van der Waals surface area (Å²) < 4.78 is 0. The minimum atomic E-state index is 0.0829. The van der Waals surface area contributed by atoms with Gasteiger partial charge in [0.15, 0.2) is 0 Å². The number of aromatic hydroxyl groups is 14. The smallest absolute Gasteiger partial charge is 0.134 e. The van der Waals surface area contributed by atoms with Crippen LogP contribution in [0.25, 0.3) is 156 Å². The number of benzene rings is 20. The van der Waals surface area contributed by atoms with E-state index in [1.54, 1.807) is 140 Å². The van der Waals surface area contributed by atoms with Gasteiger partial charge < -0.3 is 71.5 Å². The van der Waals surface area contributed by atoms with E-state index in [0.29, 0.717) is 44.5 Å². The van der Waals surface area contributed by atoms with Gasteiger partial charge in [0.25, 0.3) is 0 Å². The van der Waals surface area contributed by atoms with E-state index in [1.807, 2.05) is 315 Å². The second kappa shape index (κ2) is 42.9. The predicted molar refractivity (Wildman–Crippen MR) is 538 cm³/mol. The SMILES string of the molecule is Oc1c(-c2ccccc2)cc(-c2ccccc2)c(O)c1-c1ccccc1.Oc1cc(-c2ccccc2)c(O)c(-c2ccccc2)c1.Oc1ccc(-c2cc(-c3ccc(O)cc3)cc(-c3ccc(O)cc3)c2)cc1.Oc1ccc(-c2cccc(-c3ccc(O)cc3)c2O)cc1.Oc1ccc(-c2cccc(-c3ccccc3)c2O)cc1.Oc1cccc(-c2cccc(-c3ccccc3)c2O)c1. The van der Waals surface area contributed by atoms with Crippen molar-refractivity contribution in [2.24, 2.45) is 0 Å². The van der Waals surface area contributed by atoms with Gasteiger partial charge in [-0.1, -0.05) is 352 Å². The lowest BCUT2D eigenvalue weighted by atomic mass is 9.91. The zero-order valence-corrected chi connectivity index (χ0v) is 72.3. The fourth-order valence-electron chi connectivity index (χ4n) is 15.5. The highest BCUT2D eigenvalue weighted by atomic mass is 16.3. The molecule has 0 aromatic heterocycles. The quantitative estimate of drug-likeness (QED) is 0.0451. The van der Waals surface area contributed by atoms with Crippen molar-refractivity contribution < 1.29 is 71.5 Å². The molecule has 0 saturated heterocycles. The molecule has 0 heterocycles. The van der Waals surface area contributed by atoms with Crippen molar-refractivity contribution in [3.05, 3.63) is 473 Å². The molecule has 0 saturated carbocycles. The maximum atomic E-state index is 11.0. The number of para-hydroxylation sites is 3. The van der Waals surface area contributed by atoms with E-state index in [2.05, 4.69) is 18.2 Å². The third kappa shape index (κ3) is 22.4. The normalized spacial score (nSPS) is 10.5. The molecule has 656 valence electrons. The molecule has 0 aliphatic carbocycles. The number of rotatable bonds is 14. The van der Waals surface area contributed by atoms with Crippen LogP contribution >= 0.6 is 0 Å². The van der Waals surface area contributed by atoms with E-state index in [0.717, 1.165) is 111 Å². The summed E-state index contributed by atoms with van der Waals surface area (Å²) in [5.74, 6) is 2.61. The molecule has 0 amide bonds. The molecule has 20 aromatic carbocycles. The number of phenols is 14. The predicted octanol–water partition coefficient (Wildman–Crippen LogP) is 29.3. The Labute approximate surface area is 776 Å². The van der Waals surface area contributed by atoms with Crippen LogP contribution in [0, 0.1) is 0 Å². The molecule has 134 heavy (non-hydrogen) atoms. The Morgan fingerprint density at radius 2 is 0.276 bits per heavy atom. The van der Waals surface area contributed by atoms with Gasteiger partial charge in [-0.3, -0.25) is 0 Å². The molecule has 0 fully saturated rings. The minimum absolute atomic E-state index is 0.0829. The summed E-state index contributed by atoms with van der Waals surface area (Å²) in [6, 6.07) is 144. The zero-order chi connectivity index (χ0) is 93.4. The fourth-order valence-corrected chi connectivity index (χ4v) is 15.5. The van der Waals surface area contributed by atoms with Gasteiger partial charge in [0.05, 0.1) is 5.56 Å². The van der Waals surface area contributed by atoms with Crippen LogP contribution in [0.1, 0.15) is 0 Å². The van der Waals surface area contributed by atoms with Gasteiger partial charge in [-0.05, 0) is 216 Å². The summed E-state index contributed by atoms with van der Waals surface area (Å²) in [4.78, 5) is 0. The molecular formula is C120H92O14. The number of phenolic OH excluding ortho intramolecular Hbond substituents is 14. The lowest BCUT2D eigenvalue weighted by Crippen LogP contribution is -1.89. The van der Waals surface area contributed by atoms with Gasteiger partial charge >= 0.3 is 0 Å². The number of hydrogen-bond donors (Lipinski definition) is 14. The van der Waals surface area contributed by atoms with Crippen LogP contribution < -0.4 is 0 Å². The average molecular weight is 1760 g/mol. The topological polar surface area (TPSA) is 283 Å². The Balaban J connectivity index is 0.000000123. The maximum absolute atomic E-state index is 11.0. The summed E-state index contributed by atoms with van der Waals surface area (Å²) in [5, 5.41) is 140. The molecule has 0 bridgehead atoms. The molecule has 20 aromatic rings. The first-order valence-electron chi connectivity index (χ1n) is 43.0. The highest BCUT2D eigenvalue weighted by Crippen LogP contribution is 2.50. The van der Waals surface area contributed by atoms with E-state index < -0.39 is 0 Å². The van der Waals surface area contributed by atoms with Crippen LogP contribution in [-0.2, 0) is 0 Å². The van der Waals surface area contributed by atoms with Crippen molar-refractivity contribution in [1.29, 1.82) is 0 Å². The lowest BCUT2D eigenvalue weighted by molar-refractivity contribution is 0.456. The van der Waals surface area contributed by atoms with Gasteiger partial charge in [-0.2, -0.15) is 0 Å². The minimum Gasteiger partial charge on any atom is -0.508 e. The van der Waals surface area contributed by atoms with Crippen molar-refractivity contribution in [1.82, 2.24) is 0 Å². The number of hydrogen-bond acceptors (Lipinski definition) is 14. The molecule has 0 unspecified atom stereocenters. The van der Waals surface area contributed by atoms with Crippen LogP contribution in [0.4, 0.5) is 0 Å². The summed E-state index contributed by atoms with van der Waals surface area (Å²) in [5.41, 5.74) is 23.2. The van der Waals surface area contributed by atoms with Crippen molar-refractivity contribution in [2.75, 3.05) is 0 Å². The summed E-state index contributed by atoms with van der Waals surface area (Å²) in [6.45, 7) is 0. The van der Waals surface area contributed by atoms with Crippen molar-refractivity contribution in [3.63, 3.8) is 0 Å². The Bertz CT molecular complexity index is 6940. The molecule has 0 aliphatic rings. The van der Waals surface area contributed by atoms with Crippen LogP contribution in [0.5, 0.6) is 80.5 Å². The molecule has 0 radical (unpaired) electrons. The summed E-state index contributed by atoms with van der Waals surface area (Å²) in [7, 11) is 0. The lowest BCUT2D eigenvalue weighted by Gasteiger charge is -2.17.